The van der Waals surface area contributed by atoms with Crippen molar-refractivity contribution in [2.75, 3.05) is 6.26 Å². The van der Waals surface area contributed by atoms with Crippen molar-refractivity contribution in [1.82, 2.24) is 9.42 Å². The molecule has 0 aliphatic rings. The Morgan fingerprint density at radius 3 is 1.76 bits per heavy atom. The average Bonchev–Trinajstić information content (AvgIpc) is 2.76. The molecule has 0 fully saturated rings. The standard InChI is InChI=1S/C24H31N3O8S2/c1-16(2)34-23(28)26(22(25)21(36(6,30)31)19-10-8-7-9-11-19)27(24(29)35-17(3)4)37(32,33)20-14-12-18(5)13-15-20/h7-17,21,25H,1-6H3. The van der Waals surface area contributed by atoms with Gasteiger partial charge in [0.15, 0.2) is 15.7 Å². The average molecular weight is 554 g/mol. The lowest BCUT2D eigenvalue weighted by atomic mass is 10.1. The molecule has 13 heteroatoms. The van der Waals surface area contributed by atoms with Crippen LogP contribution in [0.2, 0.25) is 0 Å². The molecule has 2 rings (SSSR count). The predicted molar refractivity (Wildman–Crippen MR) is 137 cm³/mol. The summed E-state index contributed by atoms with van der Waals surface area (Å²) in [6.45, 7) is 7.58. The van der Waals surface area contributed by atoms with E-state index < -0.39 is 60.2 Å². The minimum Gasteiger partial charge on any atom is -0.445 e. The quantitative estimate of drug-likeness (QED) is 0.306. The molecule has 1 unspecified atom stereocenters. The van der Waals surface area contributed by atoms with E-state index in [-0.39, 0.29) is 15.0 Å². The molecule has 202 valence electrons. The Balaban J connectivity index is 2.85. The third-order valence-corrected chi connectivity index (χ3v) is 7.72. The van der Waals surface area contributed by atoms with E-state index in [9.17, 15) is 26.4 Å². The first-order chi connectivity index (χ1) is 17.1. The van der Waals surface area contributed by atoms with Crippen LogP contribution in [0.25, 0.3) is 0 Å². The zero-order chi connectivity index (χ0) is 28.1. The fourth-order valence-electron chi connectivity index (χ4n) is 3.21. The smallest absolute Gasteiger partial charge is 0.444 e. The highest BCUT2D eigenvalue weighted by Gasteiger charge is 2.46. The van der Waals surface area contributed by atoms with Gasteiger partial charge in [-0.3, -0.25) is 5.41 Å². The van der Waals surface area contributed by atoms with E-state index in [1.807, 2.05) is 0 Å². The summed E-state index contributed by atoms with van der Waals surface area (Å²) >= 11 is 0. The minimum atomic E-state index is -4.90. The lowest BCUT2D eigenvalue weighted by Crippen LogP contribution is -2.57. The van der Waals surface area contributed by atoms with E-state index in [2.05, 4.69) is 0 Å². The van der Waals surface area contributed by atoms with Crippen LogP contribution in [0, 0.1) is 12.3 Å². The molecule has 0 aromatic heterocycles. The maximum atomic E-state index is 13.7. The number of ether oxygens (including phenoxy) is 2. The first-order valence-corrected chi connectivity index (χ1v) is 14.6. The van der Waals surface area contributed by atoms with Crippen molar-refractivity contribution in [1.29, 1.82) is 5.41 Å². The van der Waals surface area contributed by atoms with Gasteiger partial charge < -0.3 is 9.47 Å². The lowest BCUT2D eigenvalue weighted by Gasteiger charge is -2.35. The molecule has 37 heavy (non-hydrogen) atoms. The van der Waals surface area contributed by atoms with Crippen LogP contribution in [0.5, 0.6) is 0 Å². The minimum absolute atomic E-state index is 0.0637. The summed E-state index contributed by atoms with van der Waals surface area (Å²) in [4.78, 5) is 26.1. The van der Waals surface area contributed by atoms with Crippen LogP contribution in [-0.2, 0) is 29.3 Å². The molecule has 0 heterocycles. The van der Waals surface area contributed by atoms with Crippen LogP contribution in [0.15, 0.2) is 59.5 Å². The first kappa shape index (κ1) is 29.8. The number of amidine groups is 1. The molecule has 0 bridgehead atoms. The van der Waals surface area contributed by atoms with Gasteiger partial charge in [-0.05, 0) is 52.3 Å². The normalized spacial score (nSPS) is 12.6. The summed E-state index contributed by atoms with van der Waals surface area (Å²) in [5.41, 5.74) is 0.794. The van der Waals surface area contributed by atoms with Gasteiger partial charge in [-0.25, -0.2) is 18.0 Å². The summed E-state index contributed by atoms with van der Waals surface area (Å²) in [5.74, 6) is -1.05. The number of rotatable bonds is 7. The van der Waals surface area contributed by atoms with E-state index in [0.29, 0.717) is 0 Å². The number of aryl methyl sites for hydroxylation is 1. The molecule has 0 aliphatic carbocycles. The van der Waals surface area contributed by atoms with Gasteiger partial charge in [0.05, 0.1) is 17.1 Å². The number of amides is 2. The largest absolute Gasteiger partial charge is 0.445 e. The van der Waals surface area contributed by atoms with Gasteiger partial charge in [-0.2, -0.15) is 13.4 Å². The van der Waals surface area contributed by atoms with Crippen LogP contribution in [0.4, 0.5) is 9.59 Å². The summed E-state index contributed by atoms with van der Waals surface area (Å²) in [7, 11) is -9.07. The first-order valence-electron chi connectivity index (χ1n) is 11.2. The molecule has 0 saturated carbocycles. The SMILES string of the molecule is Cc1ccc(S(=O)(=O)N(C(=O)OC(C)C)N(C(=N)C(c2ccccc2)S(C)(=O)=O)C(=O)OC(C)C)cc1. The van der Waals surface area contributed by atoms with E-state index in [4.69, 9.17) is 14.9 Å². The van der Waals surface area contributed by atoms with Crippen LogP contribution < -0.4 is 0 Å². The zero-order valence-corrected chi connectivity index (χ0v) is 23.0. The van der Waals surface area contributed by atoms with Crippen molar-refractivity contribution in [2.45, 2.75) is 57.0 Å². The number of benzene rings is 2. The third-order valence-electron chi connectivity index (χ3n) is 4.74. The fraction of sp³-hybridized carbons (Fsp3) is 0.375. The summed E-state index contributed by atoms with van der Waals surface area (Å²) in [6.07, 6.45) is -3.78. The second kappa shape index (κ2) is 11.7. The highest BCUT2D eigenvalue weighted by atomic mass is 32.2. The van der Waals surface area contributed by atoms with Crippen molar-refractivity contribution in [3.8, 4) is 0 Å². The van der Waals surface area contributed by atoms with Crippen molar-refractivity contribution in [3.05, 3.63) is 65.7 Å². The molecule has 11 nitrogen and oxygen atoms in total. The molecule has 0 aliphatic heterocycles. The van der Waals surface area contributed by atoms with Crippen LogP contribution in [0.1, 0.15) is 44.1 Å². The van der Waals surface area contributed by atoms with Crippen molar-refractivity contribution < 1.29 is 35.9 Å². The van der Waals surface area contributed by atoms with Crippen LogP contribution >= 0.6 is 0 Å². The number of hydrogen-bond donors (Lipinski definition) is 1. The van der Waals surface area contributed by atoms with Crippen molar-refractivity contribution in [3.63, 3.8) is 0 Å². The Morgan fingerprint density at radius 2 is 1.30 bits per heavy atom. The molecule has 2 aromatic carbocycles. The van der Waals surface area contributed by atoms with Gasteiger partial charge in [-0.1, -0.05) is 52.4 Å². The van der Waals surface area contributed by atoms with E-state index >= 15 is 0 Å². The van der Waals surface area contributed by atoms with Crippen LogP contribution in [-0.4, -0.2) is 62.7 Å². The van der Waals surface area contributed by atoms with Gasteiger partial charge >= 0.3 is 12.2 Å². The Bertz CT molecular complexity index is 1340. The van der Waals surface area contributed by atoms with Gasteiger partial charge in [0, 0.05) is 6.26 Å². The molecule has 2 aromatic rings. The highest BCUT2D eigenvalue weighted by molar-refractivity contribution is 7.91. The van der Waals surface area contributed by atoms with E-state index in [1.54, 1.807) is 13.0 Å². The van der Waals surface area contributed by atoms with Crippen LogP contribution in [0.3, 0.4) is 0 Å². The topological polar surface area (TPSA) is 151 Å². The molecular weight excluding hydrogens is 522 g/mol. The summed E-state index contributed by atoms with van der Waals surface area (Å²) in [6, 6.07) is 12.8. The van der Waals surface area contributed by atoms with E-state index in [0.717, 1.165) is 11.8 Å². The molecule has 0 radical (unpaired) electrons. The Morgan fingerprint density at radius 1 is 0.811 bits per heavy atom. The highest BCUT2D eigenvalue weighted by Crippen LogP contribution is 2.29. The maximum absolute atomic E-state index is 13.7. The molecule has 0 saturated heterocycles. The Labute approximate surface area is 217 Å². The maximum Gasteiger partial charge on any atom is 0.444 e. The molecule has 1 N–H and O–H groups in total. The van der Waals surface area contributed by atoms with Crippen molar-refractivity contribution >= 4 is 37.9 Å². The second-order valence-corrected chi connectivity index (χ2v) is 12.6. The number of nitrogens with one attached hydrogen (secondary N) is 1. The van der Waals surface area contributed by atoms with Gasteiger partial charge in [-0.15, -0.1) is 0 Å². The lowest BCUT2D eigenvalue weighted by molar-refractivity contribution is 0.0319. The second-order valence-electron chi connectivity index (χ2n) is 8.74. The summed E-state index contributed by atoms with van der Waals surface area (Å²) in [5, 5.41) is 7.06. The predicted octanol–water partition coefficient (Wildman–Crippen LogP) is 4.06. The number of sulfonamides is 1. The zero-order valence-electron chi connectivity index (χ0n) is 21.4. The Hall–Kier alpha value is -3.45. The van der Waals surface area contributed by atoms with Gasteiger partial charge in [0.2, 0.25) is 0 Å². The molecule has 1 atom stereocenters. The number of hydrazine groups is 1. The Kier molecular flexibility index (Phi) is 9.44. The van der Waals surface area contributed by atoms with Crippen molar-refractivity contribution in [2.24, 2.45) is 0 Å². The number of carbonyl (C=O) groups excluding carboxylic acids is 2. The number of carbonyl (C=O) groups is 2. The molecule has 2 amide bonds. The van der Waals surface area contributed by atoms with E-state index in [1.165, 1.54) is 76.2 Å². The fourth-order valence-corrected chi connectivity index (χ4v) is 5.66. The monoisotopic (exact) mass is 553 g/mol. The van der Waals surface area contributed by atoms with Gasteiger partial charge in [0.25, 0.3) is 10.0 Å². The summed E-state index contributed by atoms with van der Waals surface area (Å²) < 4.78 is 63.4. The molecular formula is C24H31N3O8S2. The number of sulfone groups is 1. The third kappa shape index (κ3) is 7.29. The number of nitrogens with zero attached hydrogens (tertiary/aromatic N) is 2. The number of hydrogen-bond acceptors (Lipinski definition) is 9. The molecule has 0 spiro atoms. The van der Waals surface area contributed by atoms with Gasteiger partial charge in [0.1, 0.15) is 5.25 Å².